The number of nitrogens with one attached hydrogen (secondary N) is 2. The number of phenols is 1. The molecule has 10 N–H and O–H groups in total. The minimum atomic E-state index is -1.05. The first-order valence-corrected chi connectivity index (χ1v) is 13.2. The molecule has 1 aliphatic rings. The maximum absolute atomic E-state index is 13.7. The van der Waals surface area contributed by atoms with Crippen LogP contribution in [0.4, 0.5) is 0 Å². The fraction of sp³-hybridized carbons (Fsp3) is 0.444. The van der Waals surface area contributed by atoms with Crippen molar-refractivity contribution in [1.82, 2.24) is 15.5 Å². The molecule has 3 amide bonds. The normalized spacial score (nSPS) is 21.0. The second-order valence-electron chi connectivity index (χ2n) is 9.81. The number of hydrogen-bond acceptors (Lipinski definition) is 8. The van der Waals surface area contributed by atoms with Crippen LogP contribution < -0.4 is 27.8 Å². The van der Waals surface area contributed by atoms with E-state index in [9.17, 15) is 24.6 Å². The number of aliphatic hydroxyl groups is 1. The van der Waals surface area contributed by atoms with E-state index in [0.717, 1.165) is 11.1 Å². The topological polar surface area (TPSA) is 197 Å². The Bertz CT molecular complexity index is 1200. The average molecular weight is 561 g/mol. The quantitative estimate of drug-likeness (QED) is 0.238. The van der Waals surface area contributed by atoms with Crippen LogP contribution in [0.5, 0.6) is 5.75 Å². The second-order valence-corrected chi connectivity index (χ2v) is 10.2. The summed E-state index contributed by atoms with van der Waals surface area (Å²) in [5, 5.41) is 25.5. The van der Waals surface area contributed by atoms with Crippen molar-refractivity contribution in [2.45, 2.75) is 49.9 Å². The Labute approximate surface area is 232 Å². The zero-order valence-electron chi connectivity index (χ0n) is 21.9. The van der Waals surface area contributed by atoms with E-state index in [0.29, 0.717) is 29.1 Å². The number of carbonyl (C=O) groups is 3. The molecule has 0 fully saturated rings. The summed E-state index contributed by atoms with van der Waals surface area (Å²) in [5.74, 6) is -1.57. The van der Waals surface area contributed by atoms with Gasteiger partial charge in [-0.2, -0.15) is 0 Å². The zero-order chi connectivity index (χ0) is 28.7. The lowest BCUT2D eigenvalue weighted by atomic mass is 9.95. The Kier molecular flexibility index (Phi) is 10.7. The van der Waals surface area contributed by atoms with Gasteiger partial charge in [-0.15, -0.1) is 0 Å². The summed E-state index contributed by atoms with van der Waals surface area (Å²) in [5.41, 5.74) is 20.2. The van der Waals surface area contributed by atoms with Crippen LogP contribution in [0, 0.1) is 0 Å². The molecule has 2 aromatic carbocycles. The van der Waals surface area contributed by atoms with E-state index in [1.165, 1.54) is 18.0 Å². The van der Waals surface area contributed by atoms with Crippen molar-refractivity contribution in [3.05, 3.63) is 52.5 Å². The first-order chi connectivity index (χ1) is 18.5. The van der Waals surface area contributed by atoms with Gasteiger partial charge in [0, 0.05) is 37.5 Å². The second kappa shape index (κ2) is 13.7. The van der Waals surface area contributed by atoms with Crippen LogP contribution in [0.15, 0.2) is 36.4 Å². The number of carbonyl (C=O) groups excluding carboxylic acids is 3. The Morgan fingerprint density at radius 2 is 1.85 bits per heavy atom. The maximum Gasteiger partial charge on any atom is 0.245 e. The van der Waals surface area contributed by atoms with Crippen LogP contribution in [-0.2, 0) is 27.2 Å². The molecule has 0 radical (unpaired) electrons. The van der Waals surface area contributed by atoms with Gasteiger partial charge in [-0.25, -0.2) is 0 Å². The predicted octanol–water partition coefficient (Wildman–Crippen LogP) is -0.375. The molecule has 12 heteroatoms. The summed E-state index contributed by atoms with van der Waals surface area (Å²) in [6, 6.07) is 6.63. The molecule has 39 heavy (non-hydrogen) atoms. The Morgan fingerprint density at radius 1 is 1.18 bits per heavy atom. The number of rotatable bonds is 7. The maximum atomic E-state index is 13.7. The van der Waals surface area contributed by atoms with Crippen LogP contribution in [-0.4, -0.2) is 83.7 Å². The number of benzene rings is 2. The van der Waals surface area contributed by atoms with E-state index < -0.39 is 41.9 Å². The smallest absolute Gasteiger partial charge is 0.245 e. The van der Waals surface area contributed by atoms with Crippen LogP contribution >= 0.6 is 11.6 Å². The van der Waals surface area contributed by atoms with Gasteiger partial charge in [0.15, 0.2) is 0 Å². The van der Waals surface area contributed by atoms with E-state index in [2.05, 4.69) is 10.6 Å². The largest absolute Gasteiger partial charge is 0.508 e. The number of fused-ring (bicyclic) bond motifs is 5. The molecule has 0 aliphatic carbocycles. The van der Waals surface area contributed by atoms with Gasteiger partial charge in [-0.3, -0.25) is 14.4 Å². The van der Waals surface area contributed by atoms with Gasteiger partial charge < -0.3 is 42.9 Å². The van der Waals surface area contributed by atoms with Crippen molar-refractivity contribution < 1.29 is 24.6 Å². The Morgan fingerprint density at radius 3 is 2.51 bits per heavy atom. The number of likely N-dealkylation sites (N-methyl/N-ethyl adjacent to an activating group) is 1. The minimum Gasteiger partial charge on any atom is -0.508 e. The molecule has 0 unspecified atom stereocenters. The van der Waals surface area contributed by atoms with Gasteiger partial charge in [0.1, 0.15) is 17.8 Å². The number of nitrogens with two attached hydrogens (primary N) is 3. The number of nitrogens with zero attached hydrogens (tertiary/aromatic N) is 1. The molecule has 11 nitrogen and oxygen atoms in total. The number of aromatic hydroxyl groups is 1. The third kappa shape index (κ3) is 7.68. The van der Waals surface area contributed by atoms with E-state index in [1.807, 2.05) is 6.07 Å². The highest BCUT2D eigenvalue weighted by atomic mass is 35.5. The molecular weight excluding hydrogens is 524 g/mol. The molecule has 0 saturated carbocycles. The van der Waals surface area contributed by atoms with Gasteiger partial charge in [0.25, 0.3) is 0 Å². The molecule has 0 aromatic heterocycles. The van der Waals surface area contributed by atoms with E-state index in [4.69, 9.17) is 28.8 Å². The first-order valence-electron chi connectivity index (χ1n) is 12.8. The predicted molar refractivity (Wildman–Crippen MR) is 149 cm³/mol. The minimum absolute atomic E-state index is 0.000112. The summed E-state index contributed by atoms with van der Waals surface area (Å²) in [4.78, 5) is 41.4. The number of halogens is 1. The fourth-order valence-electron chi connectivity index (χ4n) is 4.45. The highest BCUT2D eigenvalue weighted by Gasteiger charge is 2.33. The monoisotopic (exact) mass is 560 g/mol. The first kappa shape index (κ1) is 30.3. The summed E-state index contributed by atoms with van der Waals surface area (Å²) < 4.78 is 0. The molecule has 1 heterocycles. The SMILES string of the molecule is CN1C(=O)[C@H](CCCN)NC(=O)[C@@H](N)Cc2cc(ccc2O)-c2ccc(Cl)c(c2)C[C@H]1C(=O)NC[C@H](N)CO. The van der Waals surface area contributed by atoms with Gasteiger partial charge in [-0.05, 0) is 65.9 Å². The van der Waals surface area contributed by atoms with Crippen molar-refractivity contribution in [2.24, 2.45) is 17.2 Å². The molecule has 0 saturated heterocycles. The molecule has 4 bridgehead atoms. The van der Waals surface area contributed by atoms with Crippen molar-refractivity contribution >= 4 is 29.3 Å². The number of phenolic OH excluding ortho intramolecular Hbond substituents is 1. The third-order valence-electron chi connectivity index (χ3n) is 6.85. The lowest BCUT2D eigenvalue weighted by Crippen LogP contribution is -2.57. The van der Waals surface area contributed by atoms with Crippen molar-refractivity contribution in [3.8, 4) is 16.9 Å². The summed E-state index contributed by atoms with van der Waals surface area (Å²) in [7, 11) is 1.48. The molecular formula is C27H37ClN6O5. The van der Waals surface area contributed by atoms with E-state index >= 15 is 0 Å². The van der Waals surface area contributed by atoms with Crippen LogP contribution in [0.3, 0.4) is 0 Å². The van der Waals surface area contributed by atoms with Gasteiger partial charge >= 0.3 is 0 Å². The lowest BCUT2D eigenvalue weighted by Gasteiger charge is -2.32. The number of amides is 3. The summed E-state index contributed by atoms with van der Waals surface area (Å²) in [6.07, 6.45) is 0.782. The zero-order valence-corrected chi connectivity index (χ0v) is 22.7. The number of hydrogen-bond donors (Lipinski definition) is 7. The van der Waals surface area contributed by atoms with Crippen molar-refractivity contribution in [1.29, 1.82) is 0 Å². The van der Waals surface area contributed by atoms with Crippen LogP contribution in [0.2, 0.25) is 5.02 Å². The molecule has 4 atom stereocenters. The highest BCUT2D eigenvalue weighted by molar-refractivity contribution is 6.31. The molecule has 3 rings (SSSR count). The van der Waals surface area contributed by atoms with Crippen molar-refractivity contribution in [2.75, 3.05) is 26.7 Å². The van der Waals surface area contributed by atoms with E-state index in [1.54, 1.807) is 24.3 Å². The van der Waals surface area contributed by atoms with E-state index in [-0.39, 0.29) is 38.2 Å². The third-order valence-corrected chi connectivity index (χ3v) is 7.22. The highest BCUT2D eigenvalue weighted by Crippen LogP contribution is 2.30. The van der Waals surface area contributed by atoms with Crippen LogP contribution in [0.1, 0.15) is 24.0 Å². The summed E-state index contributed by atoms with van der Waals surface area (Å²) in [6.45, 7) is -0.0305. The molecule has 1 aliphatic heterocycles. The lowest BCUT2D eigenvalue weighted by molar-refractivity contribution is -0.142. The Balaban J connectivity index is 2.11. The molecule has 0 spiro atoms. The molecule has 2 aromatic rings. The van der Waals surface area contributed by atoms with Gasteiger partial charge in [0.05, 0.1) is 12.6 Å². The average Bonchev–Trinajstić information content (AvgIpc) is 2.93. The van der Waals surface area contributed by atoms with Gasteiger partial charge in [-0.1, -0.05) is 23.7 Å². The fourth-order valence-corrected chi connectivity index (χ4v) is 4.65. The Hall–Kier alpha value is -3.22. The number of aliphatic hydroxyl groups excluding tert-OH is 1. The van der Waals surface area contributed by atoms with Crippen LogP contribution in [0.25, 0.3) is 11.1 Å². The standard InChI is InChI=1S/C27H37ClN6O5/c1-34-23(26(38)32-13-19(30)14-35)12-17-9-15(4-6-20(17)28)16-5-7-24(36)18(10-16)11-21(31)25(37)33-22(27(34)39)3-2-8-29/h4-7,9-10,19,21-23,35-36H,2-3,8,11-14,29-31H2,1H3,(H,32,38)(H,33,37)/t19-,21-,22-,23-/m0/s1. The molecule has 212 valence electrons. The summed E-state index contributed by atoms with van der Waals surface area (Å²) >= 11 is 6.54. The van der Waals surface area contributed by atoms with Gasteiger partial charge in [0.2, 0.25) is 17.7 Å². The van der Waals surface area contributed by atoms with Crippen molar-refractivity contribution in [3.63, 3.8) is 0 Å².